The average molecular weight is 316 g/mol. The number of carbonyl (C=O) groups excluding carboxylic acids is 1. The lowest BCUT2D eigenvalue weighted by Gasteiger charge is -2.15. The molecule has 1 aromatic carbocycles. The van der Waals surface area contributed by atoms with Gasteiger partial charge in [-0.25, -0.2) is 13.1 Å². The van der Waals surface area contributed by atoms with Crippen LogP contribution in [0.15, 0.2) is 17.0 Å². The van der Waals surface area contributed by atoms with Gasteiger partial charge in [0.05, 0.1) is 14.2 Å². The van der Waals surface area contributed by atoms with Crippen molar-refractivity contribution in [1.82, 2.24) is 10.0 Å². The summed E-state index contributed by atoms with van der Waals surface area (Å²) >= 11 is 0. The van der Waals surface area contributed by atoms with Crippen molar-refractivity contribution < 1.29 is 22.7 Å². The molecule has 0 spiro atoms. The zero-order chi connectivity index (χ0) is 16.0. The summed E-state index contributed by atoms with van der Waals surface area (Å²) in [6.45, 7) is 3.39. The van der Waals surface area contributed by atoms with Gasteiger partial charge < -0.3 is 14.8 Å². The van der Waals surface area contributed by atoms with Gasteiger partial charge in [0.1, 0.15) is 16.4 Å². The van der Waals surface area contributed by atoms with E-state index in [1.165, 1.54) is 27.2 Å². The quantitative estimate of drug-likeness (QED) is 0.711. The normalized spacial score (nSPS) is 11.0. The lowest BCUT2D eigenvalue weighted by molar-refractivity contribution is -0.118. The predicted octanol–water partition coefficient (Wildman–Crippen LogP) is 0.427. The fourth-order valence-electron chi connectivity index (χ4n) is 1.84. The standard InChI is InChI=1S/C13H20N2O5S/c1-9-11(19-3)5-6-12(13(9)20-4)21(17,18)15-8-7-14-10(2)16/h5-6,15H,7-8H2,1-4H3,(H,14,16). The molecule has 0 radical (unpaired) electrons. The zero-order valence-corrected chi connectivity index (χ0v) is 13.3. The fourth-order valence-corrected chi connectivity index (χ4v) is 3.09. The van der Waals surface area contributed by atoms with Crippen molar-refractivity contribution in [2.45, 2.75) is 18.7 Å². The molecule has 0 aliphatic rings. The summed E-state index contributed by atoms with van der Waals surface area (Å²) in [5.74, 6) is 0.567. The highest BCUT2D eigenvalue weighted by Gasteiger charge is 2.22. The Morgan fingerprint density at radius 2 is 1.86 bits per heavy atom. The first-order valence-electron chi connectivity index (χ1n) is 6.29. The maximum atomic E-state index is 12.3. The van der Waals surface area contributed by atoms with Gasteiger partial charge in [-0.15, -0.1) is 0 Å². The Morgan fingerprint density at radius 3 is 2.38 bits per heavy atom. The van der Waals surface area contributed by atoms with E-state index < -0.39 is 10.0 Å². The molecule has 1 amide bonds. The van der Waals surface area contributed by atoms with Crippen molar-refractivity contribution in [3.63, 3.8) is 0 Å². The van der Waals surface area contributed by atoms with Gasteiger partial charge in [0.15, 0.2) is 0 Å². The van der Waals surface area contributed by atoms with E-state index in [0.29, 0.717) is 11.3 Å². The number of hydrogen-bond acceptors (Lipinski definition) is 5. The molecule has 0 aromatic heterocycles. The van der Waals surface area contributed by atoms with E-state index in [1.54, 1.807) is 13.0 Å². The van der Waals surface area contributed by atoms with Gasteiger partial charge in [0.2, 0.25) is 15.9 Å². The van der Waals surface area contributed by atoms with Crippen LogP contribution >= 0.6 is 0 Å². The van der Waals surface area contributed by atoms with E-state index in [1.807, 2.05) is 0 Å². The van der Waals surface area contributed by atoms with Crippen molar-refractivity contribution in [2.75, 3.05) is 27.3 Å². The van der Waals surface area contributed by atoms with Crippen molar-refractivity contribution in [3.05, 3.63) is 17.7 Å². The SMILES string of the molecule is COc1ccc(S(=O)(=O)NCCNC(C)=O)c(OC)c1C. The molecule has 0 aliphatic carbocycles. The molecule has 1 aromatic rings. The van der Waals surface area contributed by atoms with E-state index >= 15 is 0 Å². The Hall–Kier alpha value is -1.80. The summed E-state index contributed by atoms with van der Waals surface area (Å²) in [6, 6.07) is 2.99. The number of ether oxygens (including phenoxy) is 2. The van der Waals surface area contributed by atoms with Crippen molar-refractivity contribution in [3.8, 4) is 11.5 Å². The largest absolute Gasteiger partial charge is 0.496 e. The van der Waals surface area contributed by atoms with Crippen LogP contribution < -0.4 is 19.5 Å². The first kappa shape index (κ1) is 17.3. The molecule has 7 nitrogen and oxygen atoms in total. The first-order chi connectivity index (χ1) is 9.83. The number of methoxy groups -OCH3 is 2. The van der Waals surface area contributed by atoms with E-state index in [2.05, 4.69) is 10.0 Å². The predicted molar refractivity (Wildman–Crippen MR) is 78.2 cm³/mol. The third-order valence-corrected chi connectivity index (χ3v) is 4.31. The highest BCUT2D eigenvalue weighted by atomic mass is 32.2. The molecule has 0 unspecified atom stereocenters. The number of benzene rings is 1. The summed E-state index contributed by atoms with van der Waals surface area (Å²) in [7, 11) is -0.828. The summed E-state index contributed by atoms with van der Waals surface area (Å²) < 4.78 is 37.3. The molecule has 0 fully saturated rings. The van der Waals surface area contributed by atoms with Crippen LogP contribution in [0.1, 0.15) is 12.5 Å². The lowest BCUT2D eigenvalue weighted by atomic mass is 10.2. The van der Waals surface area contributed by atoms with Crippen LogP contribution in [-0.4, -0.2) is 41.6 Å². The van der Waals surface area contributed by atoms with Gasteiger partial charge in [-0.2, -0.15) is 0 Å². The molecular formula is C13H20N2O5S. The Bertz CT molecular complexity index is 613. The van der Waals surface area contributed by atoms with Gasteiger partial charge in [0, 0.05) is 25.6 Å². The molecule has 0 heterocycles. The minimum atomic E-state index is -3.73. The summed E-state index contributed by atoms with van der Waals surface area (Å²) in [5.41, 5.74) is 0.602. The first-order valence-corrected chi connectivity index (χ1v) is 7.77. The molecule has 118 valence electrons. The molecule has 0 aliphatic heterocycles. The van der Waals surface area contributed by atoms with Gasteiger partial charge in [0.25, 0.3) is 0 Å². The summed E-state index contributed by atoms with van der Waals surface area (Å²) in [4.78, 5) is 10.8. The van der Waals surface area contributed by atoms with E-state index in [0.717, 1.165) is 0 Å². The Balaban J connectivity index is 2.98. The van der Waals surface area contributed by atoms with Crippen molar-refractivity contribution >= 4 is 15.9 Å². The summed E-state index contributed by atoms with van der Waals surface area (Å²) in [6.07, 6.45) is 0. The number of hydrogen-bond donors (Lipinski definition) is 2. The minimum Gasteiger partial charge on any atom is -0.496 e. The van der Waals surface area contributed by atoms with Crippen LogP contribution in [0.2, 0.25) is 0 Å². The van der Waals surface area contributed by atoms with Gasteiger partial charge in [-0.3, -0.25) is 4.79 Å². The third-order valence-electron chi connectivity index (χ3n) is 2.82. The van der Waals surface area contributed by atoms with Crippen LogP contribution in [0, 0.1) is 6.92 Å². The third kappa shape index (κ3) is 4.33. The molecule has 21 heavy (non-hydrogen) atoms. The molecular weight excluding hydrogens is 296 g/mol. The second kappa shape index (κ2) is 7.28. The van der Waals surface area contributed by atoms with Crippen LogP contribution in [0.3, 0.4) is 0 Å². The number of amides is 1. The molecule has 0 saturated heterocycles. The van der Waals surface area contributed by atoms with Gasteiger partial charge in [-0.05, 0) is 19.1 Å². The van der Waals surface area contributed by atoms with E-state index in [4.69, 9.17) is 9.47 Å². The zero-order valence-electron chi connectivity index (χ0n) is 12.5. The topological polar surface area (TPSA) is 93.7 Å². The van der Waals surface area contributed by atoms with Crippen molar-refractivity contribution in [1.29, 1.82) is 0 Å². The number of rotatable bonds is 7. The minimum absolute atomic E-state index is 0.0334. The Morgan fingerprint density at radius 1 is 1.19 bits per heavy atom. The fraction of sp³-hybridized carbons (Fsp3) is 0.462. The second-order valence-electron chi connectivity index (χ2n) is 4.30. The van der Waals surface area contributed by atoms with Crippen LogP contribution in [-0.2, 0) is 14.8 Å². The second-order valence-corrected chi connectivity index (χ2v) is 6.04. The van der Waals surface area contributed by atoms with E-state index in [-0.39, 0.29) is 29.6 Å². The number of carbonyl (C=O) groups is 1. The molecule has 8 heteroatoms. The molecule has 0 bridgehead atoms. The Kier molecular flexibility index (Phi) is 5.98. The van der Waals surface area contributed by atoms with Crippen LogP contribution in [0.4, 0.5) is 0 Å². The average Bonchev–Trinajstić information content (AvgIpc) is 2.43. The Labute approximate surface area is 124 Å². The maximum absolute atomic E-state index is 12.3. The monoisotopic (exact) mass is 316 g/mol. The van der Waals surface area contributed by atoms with Gasteiger partial charge >= 0.3 is 0 Å². The van der Waals surface area contributed by atoms with Crippen LogP contribution in [0.25, 0.3) is 0 Å². The van der Waals surface area contributed by atoms with Crippen molar-refractivity contribution in [2.24, 2.45) is 0 Å². The molecule has 2 N–H and O–H groups in total. The molecule has 0 atom stereocenters. The molecule has 1 rings (SSSR count). The summed E-state index contributed by atoms with van der Waals surface area (Å²) in [5, 5.41) is 2.51. The lowest BCUT2D eigenvalue weighted by Crippen LogP contribution is -2.33. The molecule has 0 saturated carbocycles. The number of nitrogens with one attached hydrogen (secondary N) is 2. The highest BCUT2D eigenvalue weighted by molar-refractivity contribution is 7.89. The number of sulfonamides is 1. The van der Waals surface area contributed by atoms with Gasteiger partial charge in [-0.1, -0.05) is 0 Å². The smallest absolute Gasteiger partial charge is 0.244 e. The van der Waals surface area contributed by atoms with E-state index in [9.17, 15) is 13.2 Å². The highest BCUT2D eigenvalue weighted by Crippen LogP contribution is 2.33. The maximum Gasteiger partial charge on any atom is 0.244 e. The van der Waals surface area contributed by atoms with Crippen LogP contribution in [0.5, 0.6) is 11.5 Å².